The summed E-state index contributed by atoms with van der Waals surface area (Å²) in [5.74, 6) is -0.379. The third kappa shape index (κ3) is 5.63. The number of hydrogen-bond acceptors (Lipinski definition) is 6. The average Bonchev–Trinajstić information content (AvgIpc) is 2.45. The van der Waals surface area contributed by atoms with Crippen LogP contribution in [0.25, 0.3) is 0 Å². The maximum absolute atomic E-state index is 12.4. The Labute approximate surface area is 146 Å². The molecular weight excluding hydrogens is 328 g/mol. The summed E-state index contributed by atoms with van der Waals surface area (Å²) in [5, 5.41) is 16.3. The van der Waals surface area contributed by atoms with Gasteiger partial charge >= 0.3 is 6.09 Å². The molecule has 138 valence electrons. The third-order valence-corrected chi connectivity index (χ3v) is 3.12. The highest BCUT2D eigenvalue weighted by atomic mass is 16.6. The van der Waals surface area contributed by atoms with Crippen LogP contribution in [-0.4, -0.2) is 41.1 Å². The molecule has 9 heteroatoms. The second-order valence-electron chi connectivity index (χ2n) is 6.36. The topological polar surface area (TPSA) is 105 Å². The summed E-state index contributed by atoms with van der Waals surface area (Å²) in [6, 6.07) is 4.02. The fourth-order valence-electron chi connectivity index (χ4n) is 2.12. The number of amides is 2. The first-order valence-electron chi connectivity index (χ1n) is 7.76. The molecule has 0 aliphatic carbocycles. The van der Waals surface area contributed by atoms with Crippen LogP contribution in [-0.2, 0) is 9.53 Å². The van der Waals surface area contributed by atoms with Crippen LogP contribution >= 0.6 is 0 Å². The molecule has 0 saturated heterocycles. The quantitative estimate of drug-likeness (QED) is 0.644. The number of non-ortho nitro benzene ring substituents is 1. The number of hydrogen-bond donors (Lipinski definition) is 1. The van der Waals surface area contributed by atoms with Gasteiger partial charge in [0.05, 0.1) is 16.3 Å². The van der Waals surface area contributed by atoms with Gasteiger partial charge in [0.15, 0.2) is 0 Å². The molecule has 0 heterocycles. The average molecular weight is 352 g/mol. The molecule has 0 aliphatic rings. The van der Waals surface area contributed by atoms with Crippen LogP contribution in [0.1, 0.15) is 34.6 Å². The highest BCUT2D eigenvalue weighted by Crippen LogP contribution is 2.31. The number of nitro groups is 1. The molecule has 1 aromatic rings. The Kier molecular flexibility index (Phi) is 6.32. The summed E-state index contributed by atoms with van der Waals surface area (Å²) >= 11 is 0. The van der Waals surface area contributed by atoms with Crippen molar-refractivity contribution < 1.29 is 19.2 Å². The maximum atomic E-state index is 12.4. The minimum Gasteiger partial charge on any atom is -0.442 e. The van der Waals surface area contributed by atoms with Gasteiger partial charge in [-0.05, 0) is 33.8 Å². The SMILES string of the molecule is CCN(C(=O)OC(C)(C)C)N(C)c1ccc([N+](=O)[O-])cc1NC(C)=O. The van der Waals surface area contributed by atoms with E-state index in [0.717, 1.165) is 0 Å². The van der Waals surface area contributed by atoms with Gasteiger partial charge in [-0.3, -0.25) is 19.9 Å². The van der Waals surface area contributed by atoms with E-state index >= 15 is 0 Å². The fourth-order valence-corrected chi connectivity index (χ4v) is 2.12. The van der Waals surface area contributed by atoms with Crippen molar-refractivity contribution in [2.45, 2.75) is 40.2 Å². The van der Waals surface area contributed by atoms with Crippen LogP contribution in [0.4, 0.5) is 21.9 Å². The van der Waals surface area contributed by atoms with Crippen molar-refractivity contribution in [3.8, 4) is 0 Å². The summed E-state index contributed by atoms with van der Waals surface area (Å²) < 4.78 is 5.37. The van der Waals surface area contributed by atoms with Gasteiger partial charge in [-0.25, -0.2) is 9.80 Å². The second kappa shape index (κ2) is 7.82. The van der Waals surface area contributed by atoms with E-state index in [9.17, 15) is 19.7 Å². The molecule has 0 bridgehead atoms. The van der Waals surface area contributed by atoms with Crippen molar-refractivity contribution in [1.29, 1.82) is 0 Å². The van der Waals surface area contributed by atoms with Crippen LogP contribution in [0, 0.1) is 10.1 Å². The Bertz CT molecular complexity index is 669. The molecule has 0 unspecified atom stereocenters. The van der Waals surface area contributed by atoms with E-state index in [1.165, 1.54) is 35.1 Å². The van der Waals surface area contributed by atoms with Crippen LogP contribution < -0.4 is 10.3 Å². The molecule has 1 N–H and O–H groups in total. The highest BCUT2D eigenvalue weighted by Gasteiger charge is 2.26. The number of rotatable bonds is 5. The fraction of sp³-hybridized carbons (Fsp3) is 0.500. The van der Waals surface area contributed by atoms with E-state index < -0.39 is 16.6 Å². The smallest absolute Gasteiger partial charge is 0.429 e. The van der Waals surface area contributed by atoms with Crippen molar-refractivity contribution in [2.24, 2.45) is 0 Å². The lowest BCUT2D eigenvalue weighted by molar-refractivity contribution is -0.384. The highest BCUT2D eigenvalue weighted by molar-refractivity contribution is 5.93. The molecule has 0 aromatic heterocycles. The zero-order valence-corrected chi connectivity index (χ0v) is 15.3. The van der Waals surface area contributed by atoms with Crippen molar-refractivity contribution in [3.05, 3.63) is 28.3 Å². The Morgan fingerprint density at radius 2 is 1.92 bits per heavy atom. The number of benzene rings is 1. The zero-order chi connectivity index (χ0) is 19.4. The monoisotopic (exact) mass is 352 g/mol. The van der Waals surface area contributed by atoms with Crippen molar-refractivity contribution in [2.75, 3.05) is 23.9 Å². The van der Waals surface area contributed by atoms with E-state index in [1.807, 2.05) is 0 Å². The molecular formula is C16H24N4O5. The molecule has 0 fully saturated rings. The molecule has 0 atom stereocenters. The third-order valence-electron chi connectivity index (χ3n) is 3.12. The minimum atomic E-state index is -0.665. The number of nitrogens with one attached hydrogen (secondary N) is 1. The predicted molar refractivity (Wildman–Crippen MR) is 94.4 cm³/mol. The van der Waals surface area contributed by atoms with Crippen LogP contribution in [0.3, 0.4) is 0 Å². The maximum Gasteiger partial charge on any atom is 0.429 e. The Hall–Kier alpha value is -2.84. The van der Waals surface area contributed by atoms with Crippen molar-refractivity contribution in [3.63, 3.8) is 0 Å². The first-order valence-corrected chi connectivity index (χ1v) is 7.76. The summed E-state index contributed by atoms with van der Waals surface area (Å²) in [5.41, 5.74) is -0.178. The first-order chi connectivity index (χ1) is 11.5. The van der Waals surface area contributed by atoms with E-state index in [1.54, 1.807) is 34.7 Å². The Balaban J connectivity index is 3.24. The standard InChI is InChI=1S/C16H24N4O5/c1-7-19(15(22)25-16(3,4)5)18(6)14-9-8-12(20(23)24)10-13(14)17-11(2)21/h8-10H,7H2,1-6H3,(H,17,21). The number of anilines is 2. The molecule has 1 rings (SSSR count). The molecule has 0 saturated carbocycles. The lowest BCUT2D eigenvalue weighted by atomic mass is 10.2. The summed E-state index contributed by atoms with van der Waals surface area (Å²) in [4.78, 5) is 34.2. The van der Waals surface area contributed by atoms with E-state index in [-0.39, 0.29) is 17.3 Å². The van der Waals surface area contributed by atoms with Gasteiger partial charge in [-0.15, -0.1) is 0 Å². The molecule has 1 aromatic carbocycles. The lowest BCUT2D eigenvalue weighted by Crippen LogP contribution is -2.47. The molecule has 25 heavy (non-hydrogen) atoms. The molecule has 9 nitrogen and oxygen atoms in total. The number of nitrogens with zero attached hydrogens (tertiary/aromatic N) is 3. The van der Waals surface area contributed by atoms with Gasteiger partial charge in [0.2, 0.25) is 5.91 Å². The molecule has 0 radical (unpaired) electrons. The number of nitro benzene ring substituents is 1. The summed E-state index contributed by atoms with van der Waals surface area (Å²) in [6.45, 7) is 8.65. The van der Waals surface area contributed by atoms with Crippen LogP contribution in [0.5, 0.6) is 0 Å². The summed E-state index contributed by atoms with van der Waals surface area (Å²) in [7, 11) is 1.61. The van der Waals surface area contributed by atoms with Gasteiger partial charge < -0.3 is 10.1 Å². The largest absolute Gasteiger partial charge is 0.442 e. The van der Waals surface area contributed by atoms with E-state index in [4.69, 9.17) is 4.74 Å². The number of hydrazine groups is 1. The Morgan fingerprint density at radius 1 is 1.32 bits per heavy atom. The van der Waals surface area contributed by atoms with E-state index in [0.29, 0.717) is 12.2 Å². The van der Waals surface area contributed by atoms with Crippen LogP contribution in [0.15, 0.2) is 18.2 Å². The second-order valence-corrected chi connectivity index (χ2v) is 6.36. The first kappa shape index (κ1) is 20.2. The molecule has 0 aliphatic heterocycles. The van der Waals surface area contributed by atoms with Gasteiger partial charge in [0, 0.05) is 32.6 Å². The van der Waals surface area contributed by atoms with Gasteiger partial charge in [-0.1, -0.05) is 0 Å². The minimum absolute atomic E-state index is 0.166. The van der Waals surface area contributed by atoms with Gasteiger partial charge in [-0.2, -0.15) is 0 Å². The molecule has 0 spiro atoms. The van der Waals surface area contributed by atoms with Crippen molar-refractivity contribution >= 4 is 29.1 Å². The van der Waals surface area contributed by atoms with Crippen molar-refractivity contribution in [1.82, 2.24) is 5.01 Å². The number of carbonyl (C=O) groups excluding carboxylic acids is 2. The predicted octanol–water partition coefficient (Wildman–Crippen LogP) is 3.16. The Morgan fingerprint density at radius 3 is 2.36 bits per heavy atom. The van der Waals surface area contributed by atoms with Gasteiger partial charge in [0.25, 0.3) is 5.69 Å². The number of carbonyl (C=O) groups is 2. The zero-order valence-electron chi connectivity index (χ0n) is 15.3. The van der Waals surface area contributed by atoms with E-state index in [2.05, 4.69) is 5.32 Å². The normalized spacial score (nSPS) is 10.8. The lowest BCUT2D eigenvalue weighted by Gasteiger charge is -2.34. The number of ether oxygens (including phenoxy) is 1. The van der Waals surface area contributed by atoms with Gasteiger partial charge in [0.1, 0.15) is 5.60 Å². The molecule has 2 amide bonds. The summed E-state index contributed by atoms with van der Waals surface area (Å²) in [6.07, 6.45) is -0.565. The van der Waals surface area contributed by atoms with Crippen LogP contribution in [0.2, 0.25) is 0 Å².